The van der Waals surface area contributed by atoms with Crippen molar-refractivity contribution in [2.45, 2.75) is 50.4 Å². The number of aliphatic hydroxyl groups is 1. The van der Waals surface area contributed by atoms with E-state index in [1.54, 1.807) is 11.3 Å². The second kappa shape index (κ2) is 4.53. The first-order valence-electron chi connectivity index (χ1n) is 6.11. The van der Waals surface area contributed by atoms with Gasteiger partial charge in [-0.1, -0.05) is 11.3 Å². The molecule has 94 valence electrons. The highest BCUT2D eigenvalue weighted by Gasteiger charge is 2.40. The molecule has 3 rings (SSSR count). The third-order valence-electron chi connectivity index (χ3n) is 3.87. The number of fused-ring (bicyclic) bond motifs is 2. The van der Waals surface area contributed by atoms with E-state index in [0.717, 1.165) is 24.5 Å². The molecular formula is C11H18N4OS. The number of nitrogens with one attached hydrogen (secondary N) is 1. The summed E-state index contributed by atoms with van der Waals surface area (Å²) in [5.74, 6) is 5.33. The van der Waals surface area contributed by atoms with Crippen molar-refractivity contribution in [1.82, 2.24) is 9.88 Å². The van der Waals surface area contributed by atoms with Gasteiger partial charge in [-0.25, -0.2) is 10.8 Å². The van der Waals surface area contributed by atoms with Gasteiger partial charge in [0.15, 0.2) is 5.13 Å². The molecule has 0 saturated carbocycles. The van der Waals surface area contributed by atoms with E-state index in [4.69, 9.17) is 5.84 Å². The SMILES string of the molecule is NNc1ncc(CN2C3CCC2CC(O)C3)s1. The molecule has 4 N–H and O–H groups in total. The number of piperidine rings is 1. The van der Waals surface area contributed by atoms with Crippen LogP contribution in [0.2, 0.25) is 0 Å². The van der Waals surface area contributed by atoms with Gasteiger partial charge in [0, 0.05) is 29.7 Å². The Morgan fingerprint density at radius 3 is 2.76 bits per heavy atom. The monoisotopic (exact) mass is 254 g/mol. The Morgan fingerprint density at radius 2 is 2.18 bits per heavy atom. The predicted molar refractivity (Wildman–Crippen MR) is 67.5 cm³/mol. The van der Waals surface area contributed by atoms with Crippen LogP contribution < -0.4 is 11.3 Å². The molecule has 17 heavy (non-hydrogen) atoms. The number of hydrogen-bond donors (Lipinski definition) is 3. The summed E-state index contributed by atoms with van der Waals surface area (Å²) in [5.41, 5.74) is 2.58. The van der Waals surface area contributed by atoms with Crippen molar-refractivity contribution < 1.29 is 5.11 Å². The number of rotatable bonds is 3. The Kier molecular flexibility index (Phi) is 3.04. The summed E-state index contributed by atoms with van der Waals surface area (Å²) in [6.07, 6.45) is 6.11. The lowest BCUT2D eigenvalue weighted by Crippen LogP contribution is -2.43. The average Bonchev–Trinajstić information content (AvgIpc) is 2.85. The zero-order valence-corrected chi connectivity index (χ0v) is 10.5. The lowest BCUT2D eigenvalue weighted by atomic mass is 10.00. The molecule has 0 amide bonds. The first-order valence-corrected chi connectivity index (χ1v) is 6.93. The number of thiazole rings is 1. The topological polar surface area (TPSA) is 74.4 Å². The van der Waals surface area contributed by atoms with Gasteiger partial charge in [-0.2, -0.15) is 0 Å². The largest absolute Gasteiger partial charge is 0.393 e. The molecule has 0 aliphatic carbocycles. The van der Waals surface area contributed by atoms with Gasteiger partial charge in [-0.3, -0.25) is 10.3 Å². The van der Waals surface area contributed by atoms with Crippen molar-refractivity contribution in [2.24, 2.45) is 5.84 Å². The number of anilines is 1. The van der Waals surface area contributed by atoms with Crippen LogP contribution in [0, 0.1) is 0 Å². The van der Waals surface area contributed by atoms with Crippen LogP contribution in [0.5, 0.6) is 0 Å². The fourth-order valence-electron chi connectivity index (χ4n) is 3.13. The molecule has 5 nitrogen and oxygen atoms in total. The fraction of sp³-hybridized carbons (Fsp3) is 0.727. The van der Waals surface area contributed by atoms with Crippen LogP contribution in [-0.2, 0) is 6.54 Å². The van der Waals surface area contributed by atoms with Gasteiger partial charge in [-0.05, 0) is 25.7 Å². The van der Waals surface area contributed by atoms with Crippen LogP contribution in [0.25, 0.3) is 0 Å². The first-order chi connectivity index (χ1) is 8.26. The predicted octanol–water partition coefficient (Wildman–Crippen LogP) is 0.916. The van der Waals surface area contributed by atoms with E-state index in [9.17, 15) is 5.11 Å². The Morgan fingerprint density at radius 1 is 1.47 bits per heavy atom. The fourth-order valence-corrected chi connectivity index (χ4v) is 3.86. The van der Waals surface area contributed by atoms with Gasteiger partial charge in [0.1, 0.15) is 0 Å². The maximum Gasteiger partial charge on any atom is 0.197 e. The van der Waals surface area contributed by atoms with Gasteiger partial charge in [0.05, 0.1) is 6.10 Å². The number of aromatic nitrogens is 1. The number of nitrogens with two attached hydrogens (primary N) is 1. The van der Waals surface area contributed by atoms with Crippen LogP contribution in [0.1, 0.15) is 30.6 Å². The van der Waals surface area contributed by atoms with Crippen molar-refractivity contribution in [2.75, 3.05) is 5.43 Å². The lowest BCUT2D eigenvalue weighted by molar-refractivity contribution is 0.0315. The van der Waals surface area contributed by atoms with E-state index in [1.165, 1.54) is 17.7 Å². The number of hydrogen-bond acceptors (Lipinski definition) is 6. The molecule has 2 aliphatic rings. The third kappa shape index (κ3) is 2.18. The molecule has 6 heteroatoms. The van der Waals surface area contributed by atoms with Crippen LogP contribution in [0.3, 0.4) is 0 Å². The van der Waals surface area contributed by atoms with Gasteiger partial charge in [0.2, 0.25) is 0 Å². The number of nitrogens with zero attached hydrogens (tertiary/aromatic N) is 2. The average molecular weight is 254 g/mol. The molecule has 0 radical (unpaired) electrons. The molecule has 1 aromatic rings. The highest BCUT2D eigenvalue weighted by Crippen LogP contribution is 2.37. The summed E-state index contributed by atoms with van der Waals surface area (Å²) in [5, 5.41) is 10.5. The molecule has 2 atom stereocenters. The van der Waals surface area contributed by atoms with Crippen LogP contribution in [0.15, 0.2) is 6.20 Å². The van der Waals surface area contributed by atoms with E-state index < -0.39 is 0 Å². The van der Waals surface area contributed by atoms with Crippen molar-refractivity contribution in [1.29, 1.82) is 0 Å². The zero-order valence-electron chi connectivity index (χ0n) is 9.67. The smallest absolute Gasteiger partial charge is 0.197 e. The molecule has 3 heterocycles. The Balaban J connectivity index is 1.69. The maximum absolute atomic E-state index is 9.75. The quantitative estimate of drug-likeness (QED) is 0.552. The first kappa shape index (κ1) is 11.4. The minimum atomic E-state index is -0.0912. The van der Waals surface area contributed by atoms with Gasteiger partial charge in [0.25, 0.3) is 0 Å². The Hall–Kier alpha value is -0.690. The van der Waals surface area contributed by atoms with Gasteiger partial charge in [-0.15, -0.1) is 0 Å². The molecule has 0 spiro atoms. The summed E-state index contributed by atoms with van der Waals surface area (Å²) in [7, 11) is 0. The molecule has 2 unspecified atom stereocenters. The molecule has 0 aromatic carbocycles. The van der Waals surface area contributed by atoms with E-state index in [2.05, 4.69) is 15.3 Å². The van der Waals surface area contributed by atoms with Gasteiger partial charge >= 0.3 is 0 Å². The summed E-state index contributed by atoms with van der Waals surface area (Å²) < 4.78 is 0. The summed E-state index contributed by atoms with van der Waals surface area (Å²) in [6.45, 7) is 0.946. The molecule has 2 fully saturated rings. The van der Waals surface area contributed by atoms with Crippen LogP contribution in [0.4, 0.5) is 5.13 Å². The molecule has 2 aliphatic heterocycles. The summed E-state index contributed by atoms with van der Waals surface area (Å²) in [6, 6.07) is 1.11. The van der Waals surface area contributed by atoms with Crippen molar-refractivity contribution in [3.63, 3.8) is 0 Å². The van der Waals surface area contributed by atoms with Crippen LogP contribution in [-0.4, -0.2) is 33.2 Å². The Bertz CT molecular complexity index is 383. The van der Waals surface area contributed by atoms with Crippen molar-refractivity contribution in [3.05, 3.63) is 11.1 Å². The summed E-state index contributed by atoms with van der Waals surface area (Å²) >= 11 is 1.61. The second-order valence-corrected chi connectivity index (χ2v) is 6.07. The molecule has 2 saturated heterocycles. The number of hydrazine groups is 1. The van der Waals surface area contributed by atoms with E-state index >= 15 is 0 Å². The second-order valence-electron chi connectivity index (χ2n) is 4.96. The van der Waals surface area contributed by atoms with E-state index in [-0.39, 0.29) is 6.10 Å². The molecule has 1 aromatic heterocycles. The number of aliphatic hydroxyl groups excluding tert-OH is 1. The van der Waals surface area contributed by atoms with Crippen molar-refractivity contribution in [3.8, 4) is 0 Å². The lowest BCUT2D eigenvalue weighted by Gasteiger charge is -2.36. The molecular weight excluding hydrogens is 236 g/mol. The Labute approximate surface area is 105 Å². The normalized spacial score (nSPS) is 32.9. The van der Waals surface area contributed by atoms with E-state index in [0.29, 0.717) is 12.1 Å². The minimum absolute atomic E-state index is 0.0912. The standard InChI is InChI=1S/C11H18N4OS/c12-14-11-13-5-10(17-11)6-15-7-1-2-8(15)4-9(16)3-7/h5,7-9,16H,1-4,6,12H2,(H,13,14). The maximum atomic E-state index is 9.75. The van der Waals surface area contributed by atoms with Gasteiger partial charge < -0.3 is 5.11 Å². The molecule has 2 bridgehead atoms. The van der Waals surface area contributed by atoms with E-state index in [1.807, 2.05) is 6.20 Å². The third-order valence-corrected chi connectivity index (χ3v) is 4.79. The van der Waals surface area contributed by atoms with Crippen molar-refractivity contribution >= 4 is 16.5 Å². The highest BCUT2D eigenvalue weighted by atomic mass is 32.1. The number of nitrogen functional groups attached to an aromatic ring is 1. The zero-order chi connectivity index (χ0) is 11.8. The minimum Gasteiger partial charge on any atom is -0.393 e. The van der Waals surface area contributed by atoms with Crippen LogP contribution >= 0.6 is 11.3 Å². The highest BCUT2D eigenvalue weighted by molar-refractivity contribution is 7.15. The summed E-state index contributed by atoms with van der Waals surface area (Å²) in [4.78, 5) is 7.96.